The summed E-state index contributed by atoms with van der Waals surface area (Å²) in [5.74, 6) is 0. The van der Waals surface area contributed by atoms with Gasteiger partial charge in [-0.05, 0) is 19.1 Å². The van der Waals surface area contributed by atoms with Crippen LogP contribution >= 0.6 is 0 Å². The average molecular weight is 185 g/mol. The van der Waals surface area contributed by atoms with Gasteiger partial charge in [0.2, 0.25) is 0 Å². The van der Waals surface area contributed by atoms with Crippen molar-refractivity contribution < 1.29 is 4.42 Å². The molecular formula is C10H7N3O. The van der Waals surface area contributed by atoms with Crippen LogP contribution in [0.2, 0.25) is 0 Å². The zero-order valence-electron chi connectivity index (χ0n) is 7.56. The third-order valence-electron chi connectivity index (χ3n) is 2.19. The van der Waals surface area contributed by atoms with Crippen LogP contribution in [0.3, 0.4) is 0 Å². The Kier molecular flexibility index (Phi) is 1.33. The van der Waals surface area contributed by atoms with E-state index in [1.807, 2.05) is 19.1 Å². The number of pyridine rings is 1. The van der Waals surface area contributed by atoms with Crippen LogP contribution in [0.25, 0.3) is 22.2 Å². The lowest BCUT2D eigenvalue weighted by Crippen LogP contribution is -1.83. The maximum absolute atomic E-state index is 5.60. The lowest BCUT2D eigenvalue weighted by Gasteiger charge is -1.89. The standard InChI is InChI=1S/C10H7N3O/c1-6-10-9(13-5-12-6)8-7(14-10)3-2-4-11-8/h2-5H,1H3. The van der Waals surface area contributed by atoms with Gasteiger partial charge >= 0.3 is 0 Å². The summed E-state index contributed by atoms with van der Waals surface area (Å²) in [5.41, 5.74) is 3.90. The molecule has 0 aliphatic rings. The van der Waals surface area contributed by atoms with Crippen molar-refractivity contribution in [2.45, 2.75) is 6.92 Å². The fraction of sp³-hybridized carbons (Fsp3) is 0.100. The lowest BCUT2D eigenvalue weighted by molar-refractivity contribution is 0.660. The summed E-state index contributed by atoms with van der Waals surface area (Å²) in [4.78, 5) is 12.5. The summed E-state index contributed by atoms with van der Waals surface area (Å²) < 4.78 is 5.60. The number of aromatic nitrogens is 3. The molecule has 0 amide bonds. The highest BCUT2D eigenvalue weighted by atomic mass is 16.3. The first-order valence-corrected chi connectivity index (χ1v) is 4.31. The summed E-state index contributed by atoms with van der Waals surface area (Å²) in [6.07, 6.45) is 3.26. The molecule has 0 saturated heterocycles. The molecule has 0 saturated carbocycles. The molecule has 3 aromatic heterocycles. The number of aryl methyl sites for hydroxylation is 1. The van der Waals surface area contributed by atoms with Gasteiger partial charge in [0.05, 0.1) is 5.69 Å². The highest BCUT2D eigenvalue weighted by Crippen LogP contribution is 2.25. The summed E-state index contributed by atoms with van der Waals surface area (Å²) in [6, 6.07) is 3.72. The summed E-state index contributed by atoms with van der Waals surface area (Å²) >= 11 is 0. The van der Waals surface area contributed by atoms with Crippen LogP contribution < -0.4 is 0 Å². The first-order valence-electron chi connectivity index (χ1n) is 4.31. The van der Waals surface area contributed by atoms with Gasteiger partial charge in [0.25, 0.3) is 0 Å². The summed E-state index contributed by atoms with van der Waals surface area (Å²) in [6.45, 7) is 1.90. The average Bonchev–Trinajstić information content (AvgIpc) is 2.59. The molecule has 0 radical (unpaired) electrons. The number of fused-ring (bicyclic) bond motifs is 3. The monoisotopic (exact) mass is 185 g/mol. The maximum Gasteiger partial charge on any atom is 0.176 e. The van der Waals surface area contributed by atoms with Gasteiger partial charge in [0, 0.05) is 6.20 Å². The van der Waals surface area contributed by atoms with E-state index in [1.54, 1.807) is 6.20 Å². The quantitative estimate of drug-likeness (QED) is 0.538. The van der Waals surface area contributed by atoms with E-state index < -0.39 is 0 Å². The fourth-order valence-electron chi connectivity index (χ4n) is 1.51. The number of hydrogen-bond acceptors (Lipinski definition) is 4. The molecule has 0 atom stereocenters. The van der Waals surface area contributed by atoms with Crippen molar-refractivity contribution in [1.29, 1.82) is 0 Å². The van der Waals surface area contributed by atoms with Crippen LogP contribution in [0.1, 0.15) is 5.69 Å². The summed E-state index contributed by atoms with van der Waals surface area (Å²) in [7, 11) is 0. The van der Waals surface area contributed by atoms with Crippen LogP contribution in [-0.2, 0) is 0 Å². The molecule has 0 aliphatic heterocycles. The van der Waals surface area contributed by atoms with Gasteiger partial charge in [0.1, 0.15) is 17.4 Å². The zero-order chi connectivity index (χ0) is 9.54. The van der Waals surface area contributed by atoms with Crippen LogP contribution in [0.15, 0.2) is 29.1 Å². The van der Waals surface area contributed by atoms with Gasteiger partial charge in [-0.15, -0.1) is 0 Å². The van der Waals surface area contributed by atoms with E-state index in [4.69, 9.17) is 4.42 Å². The third kappa shape index (κ3) is 0.849. The van der Waals surface area contributed by atoms with Crippen molar-refractivity contribution in [2.24, 2.45) is 0 Å². The summed E-state index contributed by atoms with van der Waals surface area (Å²) in [5, 5.41) is 0. The zero-order valence-corrected chi connectivity index (χ0v) is 7.56. The minimum Gasteiger partial charge on any atom is -0.451 e. The number of rotatable bonds is 0. The molecule has 14 heavy (non-hydrogen) atoms. The second-order valence-electron chi connectivity index (χ2n) is 3.09. The molecule has 0 N–H and O–H groups in total. The number of hydrogen-bond donors (Lipinski definition) is 0. The Balaban J connectivity index is 2.63. The third-order valence-corrected chi connectivity index (χ3v) is 2.19. The first-order chi connectivity index (χ1) is 6.86. The second-order valence-corrected chi connectivity index (χ2v) is 3.09. The predicted octanol–water partition coefficient (Wildman–Crippen LogP) is 2.08. The van der Waals surface area contributed by atoms with E-state index in [9.17, 15) is 0 Å². The molecular weight excluding hydrogens is 178 g/mol. The Hall–Kier alpha value is -1.97. The van der Waals surface area contributed by atoms with E-state index >= 15 is 0 Å². The molecule has 3 rings (SSSR count). The molecule has 68 valence electrons. The molecule has 3 aromatic rings. The highest BCUT2D eigenvalue weighted by molar-refractivity contribution is 5.99. The lowest BCUT2D eigenvalue weighted by atomic mass is 10.3. The smallest absolute Gasteiger partial charge is 0.176 e. The largest absolute Gasteiger partial charge is 0.451 e. The minimum atomic E-state index is 0.723. The van der Waals surface area contributed by atoms with Gasteiger partial charge in [-0.2, -0.15) is 0 Å². The molecule has 0 bridgehead atoms. The van der Waals surface area contributed by atoms with Crippen molar-refractivity contribution in [3.63, 3.8) is 0 Å². The van der Waals surface area contributed by atoms with E-state index in [1.165, 1.54) is 6.33 Å². The molecule has 4 heteroatoms. The Labute approximate surface area is 79.6 Å². The van der Waals surface area contributed by atoms with Crippen LogP contribution in [0.5, 0.6) is 0 Å². The minimum absolute atomic E-state index is 0.723. The van der Waals surface area contributed by atoms with Crippen molar-refractivity contribution in [3.05, 3.63) is 30.4 Å². The molecule has 0 aliphatic carbocycles. The van der Waals surface area contributed by atoms with Crippen molar-refractivity contribution in [2.75, 3.05) is 0 Å². The van der Waals surface area contributed by atoms with Gasteiger partial charge in [0.15, 0.2) is 11.2 Å². The normalized spacial score (nSPS) is 11.2. The SMILES string of the molecule is Cc1ncnc2c1oc1cccnc12. The van der Waals surface area contributed by atoms with E-state index in [-0.39, 0.29) is 0 Å². The molecule has 3 heterocycles. The molecule has 0 fully saturated rings. The Bertz CT molecular complexity index is 615. The Morgan fingerprint density at radius 2 is 2.07 bits per heavy atom. The van der Waals surface area contributed by atoms with Crippen molar-refractivity contribution in [1.82, 2.24) is 15.0 Å². The van der Waals surface area contributed by atoms with Gasteiger partial charge in [-0.1, -0.05) is 0 Å². The number of nitrogens with zero attached hydrogens (tertiary/aromatic N) is 3. The fourth-order valence-corrected chi connectivity index (χ4v) is 1.51. The van der Waals surface area contributed by atoms with Crippen LogP contribution in [0, 0.1) is 6.92 Å². The highest BCUT2D eigenvalue weighted by Gasteiger charge is 2.10. The molecule has 0 unspecified atom stereocenters. The van der Waals surface area contributed by atoms with E-state index in [0.717, 1.165) is 27.9 Å². The maximum atomic E-state index is 5.60. The topological polar surface area (TPSA) is 51.8 Å². The molecule has 0 aromatic carbocycles. The number of furan rings is 1. The van der Waals surface area contributed by atoms with Gasteiger partial charge in [-0.3, -0.25) is 4.98 Å². The van der Waals surface area contributed by atoms with Gasteiger partial charge in [-0.25, -0.2) is 9.97 Å². The van der Waals surface area contributed by atoms with Gasteiger partial charge < -0.3 is 4.42 Å². The van der Waals surface area contributed by atoms with Crippen molar-refractivity contribution in [3.8, 4) is 0 Å². The van der Waals surface area contributed by atoms with Crippen molar-refractivity contribution >= 4 is 22.2 Å². The Morgan fingerprint density at radius 1 is 1.14 bits per heavy atom. The van der Waals surface area contributed by atoms with Crippen LogP contribution in [-0.4, -0.2) is 15.0 Å². The predicted molar refractivity (Wildman–Crippen MR) is 51.8 cm³/mol. The first kappa shape index (κ1) is 7.44. The second kappa shape index (κ2) is 2.51. The molecule has 0 spiro atoms. The van der Waals surface area contributed by atoms with E-state index in [2.05, 4.69) is 15.0 Å². The molecule has 4 nitrogen and oxygen atoms in total. The Morgan fingerprint density at radius 3 is 3.00 bits per heavy atom. The van der Waals surface area contributed by atoms with Crippen LogP contribution in [0.4, 0.5) is 0 Å². The van der Waals surface area contributed by atoms with E-state index in [0.29, 0.717) is 0 Å².